The molecule has 106 valence electrons. The second kappa shape index (κ2) is 5.00. The molecule has 0 aliphatic carbocycles. The first-order valence-corrected chi connectivity index (χ1v) is 6.27. The van der Waals surface area contributed by atoms with Crippen LogP contribution >= 0.6 is 0 Å². The van der Waals surface area contributed by atoms with Gasteiger partial charge in [0.15, 0.2) is 0 Å². The van der Waals surface area contributed by atoms with Crippen molar-refractivity contribution in [3.63, 3.8) is 0 Å². The third-order valence-electron chi connectivity index (χ3n) is 3.59. The Morgan fingerprint density at radius 3 is 2.55 bits per heavy atom. The minimum absolute atomic E-state index is 0.568. The summed E-state index contributed by atoms with van der Waals surface area (Å²) in [5.41, 5.74) is 0.384. The van der Waals surface area contributed by atoms with E-state index < -0.39 is 23.5 Å². The van der Waals surface area contributed by atoms with Crippen molar-refractivity contribution in [2.24, 2.45) is 5.41 Å². The summed E-state index contributed by atoms with van der Waals surface area (Å²) in [5, 5.41) is 9.40. The molecule has 1 aromatic rings. The third kappa shape index (κ3) is 2.15. The molecule has 1 aliphatic heterocycles. The number of nitrogens with zero attached hydrogens (tertiary/aromatic N) is 1. The number of fused-ring (bicyclic) bond motifs is 1. The van der Waals surface area contributed by atoms with Crippen molar-refractivity contribution in [2.75, 3.05) is 12.0 Å². The van der Waals surface area contributed by atoms with Gasteiger partial charge in [-0.1, -0.05) is 30.4 Å². The van der Waals surface area contributed by atoms with Crippen molar-refractivity contribution in [2.45, 2.75) is 19.9 Å². The number of methoxy groups -OCH3 is 1. The lowest BCUT2D eigenvalue weighted by molar-refractivity contribution is -0.147. The molecule has 2 rings (SSSR count). The Bertz CT molecular complexity index is 577. The van der Waals surface area contributed by atoms with E-state index in [4.69, 9.17) is 4.74 Å². The van der Waals surface area contributed by atoms with E-state index in [9.17, 15) is 14.7 Å². The standard InChI is InChI=1S/C15H17NO4/c1-15(2,13(17)18)12-9-8-10-6-4-5-7-11(10)16(12)14(19)20-3/h4-9,12H,1-3H3,(H,17,18). The zero-order chi connectivity index (χ0) is 14.9. The zero-order valence-corrected chi connectivity index (χ0v) is 11.7. The number of ether oxygens (including phenoxy) is 1. The largest absolute Gasteiger partial charge is 0.481 e. The van der Waals surface area contributed by atoms with Crippen molar-refractivity contribution in [1.82, 2.24) is 0 Å². The van der Waals surface area contributed by atoms with Gasteiger partial charge < -0.3 is 9.84 Å². The normalized spacial score (nSPS) is 17.6. The van der Waals surface area contributed by atoms with Gasteiger partial charge in [-0.05, 0) is 25.5 Å². The van der Waals surface area contributed by atoms with E-state index in [2.05, 4.69) is 0 Å². The molecular weight excluding hydrogens is 258 g/mol. The molecule has 1 amide bonds. The predicted molar refractivity (Wildman–Crippen MR) is 75.6 cm³/mol. The number of aliphatic carboxylic acids is 1. The highest BCUT2D eigenvalue weighted by molar-refractivity contribution is 5.95. The van der Waals surface area contributed by atoms with Crippen LogP contribution in [-0.4, -0.2) is 30.3 Å². The average molecular weight is 275 g/mol. The van der Waals surface area contributed by atoms with E-state index in [0.717, 1.165) is 5.56 Å². The van der Waals surface area contributed by atoms with Crippen LogP contribution in [0.1, 0.15) is 19.4 Å². The van der Waals surface area contributed by atoms with Gasteiger partial charge in [0.25, 0.3) is 0 Å². The topological polar surface area (TPSA) is 66.8 Å². The molecule has 1 aliphatic rings. The Hall–Kier alpha value is -2.30. The van der Waals surface area contributed by atoms with E-state index in [1.54, 1.807) is 32.1 Å². The fourth-order valence-electron chi connectivity index (χ4n) is 2.28. The molecule has 0 aromatic heterocycles. The molecule has 1 unspecified atom stereocenters. The number of rotatable bonds is 2. The van der Waals surface area contributed by atoms with Crippen LogP contribution in [0.25, 0.3) is 6.08 Å². The summed E-state index contributed by atoms with van der Waals surface area (Å²) in [6.45, 7) is 3.18. The molecule has 0 radical (unpaired) electrons. The van der Waals surface area contributed by atoms with Gasteiger partial charge in [0.1, 0.15) is 0 Å². The predicted octanol–water partition coefficient (Wildman–Crippen LogP) is 2.77. The summed E-state index contributed by atoms with van der Waals surface area (Å²) in [5.74, 6) is -0.972. The van der Waals surface area contributed by atoms with Crippen LogP contribution in [0.2, 0.25) is 0 Å². The fraction of sp³-hybridized carbons (Fsp3) is 0.333. The first-order chi connectivity index (χ1) is 9.39. The molecular formula is C15H17NO4. The van der Waals surface area contributed by atoms with E-state index in [0.29, 0.717) is 5.69 Å². The lowest BCUT2D eigenvalue weighted by atomic mass is 9.81. The molecule has 20 heavy (non-hydrogen) atoms. The van der Waals surface area contributed by atoms with Crippen molar-refractivity contribution in [3.8, 4) is 0 Å². The SMILES string of the molecule is COC(=O)N1c2ccccc2C=CC1C(C)(C)C(=O)O. The maximum atomic E-state index is 12.1. The molecule has 0 saturated carbocycles. The van der Waals surface area contributed by atoms with Gasteiger partial charge in [-0.25, -0.2) is 4.79 Å². The second-order valence-electron chi connectivity index (χ2n) is 5.23. The summed E-state index contributed by atoms with van der Waals surface area (Å²) in [6.07, 6.45) is 3.00. The summed E-state index contributed by atoms with van der Waals surface area (Å²) >= 11 is 0. The van der Waals surface area contributed by atoms with Crippen LogP contribution in [0.3, 0.4) is 0 Å². The highest BCUT2D eigenvalue weighted by Gasteiger charge is 2.43. The fourth-order valence-corrected chi connectivity index (χ4v) is 2.28. The number of benzene rings is 1. The molecule has 1 heterocycles. The minimum Gasteiger partial charge on any atom is -0.481 e. The molecule has 0 bridgehead atoms. The smallest absolute Gasteiger partial charge is 0.414 e. The molecule has 0 saturated heterocycles. The summed E-state index contributed by atoms with van der Waals surface area (Å²) < 4.78 is 4.81. The van der Waals surface area contributed by atoms with Gasteiger partial charge in [-0.2, -0.15) is 0 Å². The molecule has 5 heteroatoms. The van der Waals surface area contributed by atoms with Crippen LogP contribution in [0.15, 0.2) is 30.3 Å². The average Bonchev–Trinajstić information content (AvgIpc) is 2.44. The molecule has 0 spiro atoms. The van der Waals surface area contributed by atoms with E-state index in [1.165, 1.54) is 12.0 Å². The van der Waals surface area contributed by atoms with Gasteiger partial charge in [-0.15, -0.1) is 0 Å². The maximum absolute atomic E-state index is 12.1. The lowest BCUT2D eigenvalue weighted by Gasteiger charge is -2.39. The summed E-state index contributed by atoms with van der Waals surface area (Å²) in [6, 6.07) is 6.70. The van der Waals surface area contributed by atoms with Gasteiger partial charge in [0.2, 0.25) is 0 Å². The van der Waals surface area contributed by atoms with Gasteiger partial charge in [0, 0.05) is 0 Å². The number of para-hydroxylation sites is 1. The highest BCUT2D eigenvalue weighted by atomic mass is 16.5. The Kier molecular flexibility index (Phi) is 3.53. The van der Waals surface area contributed by atoms with Crippen molar-refractivity contribution in [3.05, 3.63) is 35.9 Å². The van der Waals surface area contributed by atoms with E-state index >= 15 is 0 Å². The Balaban J connectivity index is 2.55. The number of carboxylic acid groups (broad SMARTS) is 1. The van der Waals surface area contributed by atoms with E-state index in [-0.39, 0.29) is 0 Å². The highest BCUT2D eigenvalue weighted by Crippen LogP contribution is 2.37. The molecule has 0 fully saturated rings. The quantitative estimate of drug-likeness (QED) is 0.901. The summed E-state index contributed by atoms with van der Waals surface area (Å²) in [7, 11) is 1.29. The number of amides is 1. The van der Waals surface area contributed by atoms with Crippen molar-refractivity contribution < 1.29 is 19.4 Å². The maximum Gasteiger partial charge on any atom is 0.414 e. The second-order valence-corrected chi connectivity index (χ2v) is 5.23. The lowest BCUT2D eigenvalue weighted by Crippen LogP contribution is -2.52. The molecule has 1 N–H and O–H groups in total. The first-order valence-electron chi connectivity index (χ1n) is 6.27. The third-order valence-corrected chi connectivity index (χ3v) is 3.59. The van der Waals surface area contributed by atoms with Gasteiger partial charge in [-0.3, -0.25) is 9.69 Å². The Morgan fingerprint density at radius 1 is 1.30 bits per heavy atom. The number of carboxylic acids is 1. The molecule has 1 atom stereocenters. The Labute approximate surface area is 117 Å². The first kappa shape index (κ1) is 14.1. The van der Waals surface area contributed by atoms with Gasteiger partial charge >= 0.3 is 12.1 Å². The van der Waals surface area contributed by atoms with Crippen LogP contribution in [0, 0.1) is 5.41 Å². The monoisotopic (exact) mass is 275 g/mol. The van der Waals surface area contributed by atoms with Crippen molar-refractivity contribution >= 4 is 23.8 Å². The number of carbonyl (C=O) groups excluding carboxylic acids is 1. The number of anilines is 1. The van der Waals surface area contributed by atoms with E-state index in [1.807, 2.05) is 18.2 Å². The van der Waals surface area contributed by atoms with Crippen LogP contribution < -0.4 is 4.90 Å². The zero-order valence-electron chi connectivity index (χ0n) is 11.7. The molecule has 5 nitrogen and oxygen atoms in total. The van der Waals surface area contributed by atoms with Crippen LogP contribution in [0.4, 0.5) is 10.5 Å². The van der Waals surface area contributed by atoms with Crippen molar-refractivity contribution in [1.29, 1.82) is 0 Å². The number of hydrogen-bond acceptors (Lipinski definition) is 3. The Morgan fingerprint density at radius 2 is 1.95 bits per heavy atom. The number of carbonyl (C=O) groups is 2. The minimum atomic E-state index is -1.13. The van der Waals surface area contributed by atoms with Crippen LogP contribution in [-0.2, 0) is 9.53 Å². The molecule has 1 aromatic carbocycles. The number of hydrogen-bond donors (Lipinski definition) is 1. The van der Waals surface area contributed by atoms with Crippen LogP contribution in [0.5, 0.6) is 0 Å². The van der Waals surface area contributed by atoms with Gasteiger partial charge in [0.05, 0.1) is 24.3 Å². The summed E-state index contributed by atoms with van der Waals surface area (Å²) in [4.78, 5) is 25.0.